The van der Waals surface area contributed by atoms with E-state index in [1.165, 1.54) is 5.57 Å². The van der Waals surface area contributed by atoms with Crippen molar-refractivity contribution >= 4 is 5.97 Å². The Morgan fingerprint density at radius 3 is 2.50 bits per heavy atom. The minimum atomic E-state index is -0.311. The van der Waals surface area contributed by atoms with E-state index >= 15 is 0 Å². The van der Waals surface area contributed by atoms with Gasteiger partial charge in [0.25, 0.3) is 0 Å². The van der Waals surface area contributed by atoms with Crippen molar-refractivity contribution in [3.05, 3.63) is 11.6 Å². The topological polar surface area (TPSA) is 26.3 Å². The first kappa shape index (κ1) is 9.30. The molecule has 0 radical (unpaired) electrons. The van der Waals surface area contributed by atoms with Gasteiger partial charge in [0.2, 0.25) is 0 Å². The van der Waals surface area contributed by atoms with Crippen molar-refractivity contribution in [2.75, 3.05) is 0 Å². The number of rotatable bonds is 1. The summed E-state index contributed by atoms with van der Waals surface area (Å²) in [5.74, 6) is 0.164. The molecule has 0 bridgehead atoms. The number of cyclic esters (lactones) is 1. The Labute approximate surface area is 73.6 Å². The molecule has 1 aliphatic heterocycles. The molecule has 2 nitrogen and oxygen atoms in total. The van der Waals surface area contributed by atoms with Gasteiger partial charge < -0.3 is 4.74 Å². The van der Waals surface area contributed by atoms with Crippen LogP contribution in [0.1, 0.15) is 34.1 Å². The predicted octanol–water partition coefficient (Wildman–Crippen LogP) is 2.29. The second-order valence-electron chi connectivity index (χ2n) is 4.13. The Bertz CT molecular complexity index is 222. The lowest BCUT2D eigenvalue weighted by Gasteiger charge is -2.22. The first-order chi connectivity index (χ1) is 5.42. The van der Waals surface area contributed by atoms with Crippen molar-refractivity contribution in [1.82, 2.24) is 0 Å². The lowest BCUT2D eigenvalue weighted by molar-refractivity contribution is -0.146. The van der Waals surface area contributed by atoms with Gasteiger partial charge in [-0.2, -0.15) is 0 Å². The van der Waals surface area contributed by atoms with Gasteiger partial charge in [0.05, 0.1) is 6.42 Å². The molecule has 2 heteroatoms. The molecule has 0 aliphatic carbocycles. The Hall–Kier alpha value is -0.790. The molecule has 0 aromatic rings. The maximum Gasteiger partial charge on any atom is 0.307 e. The Balaban J connectivity index is 2.78. The van der Waals surface area contributed by atoms with Crippen molar-refractivity contribution in [3.63, 3.8) is 0 Å². The van der Waals surface area contributed by atoms with E-state index in [9.17, 15) is 4.79 Å². The second-order valence-corrected chi connectivity index (χ2v) is 4.13. The Kier molecular flexibility index (Phi) is 2.27. The van der Waals surface area contributed by atoms with Crippen LogP contribution in [0.15, 0.2) is 11.6 Å². The summed E-state index contributed by atoms with van der Waals surface area (Å²) in [5, 5.41) is 0. The highest BCUT2D eigenvalue weighted by Gasteiger charge is 2.39. The number of ether oxygens (including phenoxy) is 1. The number of esters is 1. The molecule has 1 heterocycles. The highest BCUT2D eigenvalue weighted by Crippen LogP contribution is 2.33. The smallest absolute Gasteiger partial charge is 0.307 e. The van der Waals surface area contributed by atoms with Crippen molar-refractivity contribution in [3.8, 4) is 0 Å². The van der Waals surface area contributed by atoms with E-state index < -0.39 is 0 Å². The summed E-state index contributed by atoms with van der Waals surface area (Å²) < 4.78 is 5.18. The van der Waals surface area contributed by atoms with Crippen LogP contribution in [0.3, 0.4) is 0 Å². The van der Waals surface area contributed by atoms with Gasteiger partial charge in [-0.3, -0.25) is 4.79 Å². The van der Waals surface area contributed by atoms with Crippen LogP contribution in [-0.4, -0.2) is 11.6 Å². The molecule has 0 amide bonds. The van der Waals surface area contributed by atoms with E-state index in [0.29, 0.717) is 6.42 Å². The number of carbonyl (C=O) groups excluding carboxylic acids is 1. The van der Waals surface area contributed by atoms with E-state index in [4.69, 9.17) is 4.74 Å². The molecule has 68 valence electrons. The quantitative estimate of drug-likeness (QED) is 0.443. The zero-order valence-electron chi connectivity index (χ0n) is 8.18. The molecule has 1 aliphatic rings. The van der Waals surface area contributed by atoms with Crippen LogP contribution in [0.2, 0.25) is 0 Å². The molecule has 0 saturated carbocycles. The first-order valence-corrected chi connectivity index (χ1v) is 4.28. The summed E-state index contributed by atoms with van der Waals surface area (Å²) in [6.45, 7) is 8.00. The minimum Gasteiger partial charge on any atom is -0.459 e. The fourth-order valence-electron chi connectivity index (χ4n) is 1.50. The maximum absolute atomic E-state index is 11.0. The van der Waals surface area contributed by atoms with E-state index in [1.54, 1.807) is 0 Å². The zero-order valence-corrected chi connectivity index (χ0v) is 8.18. The van der Waals surface area contributed by atoms with Crippen LogP contribution in [0.4, 0.5) is 0 Å². The summed E-state index contributed by atoms with van der Waals surface area (Å²) in [6, 6.07) is 0. The number of carbonyl (C=O) groups is 1. The van der Waals surface area contributed by atoms with Gasteiger partial charge in [0.1, 0.15) is 5.60 Å². The largest absolute Gasteiger partial charge is 0.459 e. The van der Waals surface area contributed by atoms with Crippen molar-refractivity contribution in [2.45, 2.75) is 39.7 Å². The zero-order chi connectivity index (χ0) is 9.35. The second kappa shape index (κ2) is 2.92. The number of hydrogen-bond donors (Lipinski definition) is 0. The molecule has 1 fully saturated rings. The van der Waals surface area contributed by atoms with Crippen molar-refractivity contribution in [2.24, 2.45) is 5.92 Å². The molecule has 0 N–H and O–H groups in total. The molecular formula is C10H16O2. The third-order valence-corrected chi connectivity index (χ3v) is 2.19. The van der Waals surface area contributed by atoms with Crippen molar-refractivity contribution in [1.29, 1.82) is 0 Å². The lowest BCUT2D eigenvalue weighted by Crippen LogP contribution is -2.26. The molecule has 1 rings (SSSR count). The summed E-state index contributed by atoms with van der Waals surface area (Å²) in [4.78, 5) is 11.0. The lowest BCUT2D eigenvalue weighted by atomic mass is 9.89. The van der Waals surface area contributed by atoms with E-state index in [0.717, 1.165) is 0 Å². The normalized spacial score (nSPS) is 26.7. The van der Waals surface area contributed by atoms with Gasteiger partial charge in [-0.25, -0.2) is 0 Å². The third-order valence-electron chi connectivity index (χ3n) is 2.19. The fourth-order valence-corrected chi connectivity index (χ4v) is 1.50. The average molecular weight is 168 g/mol. The van der Waals surface area contributed by atoms with Gasteiger partial charge >= 0.3 is 5.97 Å². The van der Waals surface area contributed by atoms with E-state index in [1.807, 2.05) is 27.7 Å². The molecule has 12 heavy (non-hydrogen) atoms. The molecule has 0 spiro atoms. The molecule has 0 aromatic carbocycles. The molecule has 1 saturated heterocycles. The highest BCUT2D eigenvalue weighted by molar-refractivity contribution is 5.73. The maximum atomic E-state index is 11.0. The van der Waals surface area contributed by atoms with Gasteiger partial charge in [-0.1, -0.05) is 11.6 Å². The molecule has 0 unspecified atom stereocenters. The monoisotopic (exact) mass is 168 g/mol. The number of hydrogen-bond acceptors (Lipinski definition) is 2. The third kappa shape index (κ3) is 1.87. The summed E-state index contributed by atoms with van der Waals surface area (Å²) >= 11 is 0. The Morgan fingerprint density at radius 1 is 1.58 bits per heavy atom. The minimum absolute atomic E-state index is 0.0810. The summed E-state index contributed by atoms with van der Waals surface area (Å²) in [7, 11) is 0. The van der Waals surface area contributed by atoms with Gasteiger partial charge in [0.15, 0.2) is 0 Å². The van der Waals surface area contributed by atoms with Crippen LogP contribution < -0.4 is 0 Å². The van der Waals surface area contributed by atoms with Crippen LogP contribution in [0.25, 0.3) is 0 Å². The predicted molar refractivity (Wildman–Crippen MR) is 47.7 cm³/mol. The number of allylic oxidation sites excluding steroid dienone is 1. The highest BCUT2D eigenvalue weighted by atomic mass is 16.6. The standard InChI is InChI=1S/C10H16O2/c1-7(2)5-8-6-9(11)12-10(8,3)4/h5,8H,6H2,1-4H3/t8-/m0/s1. The van der Waals surface area contributed by atoms with Crippen LogP contribution in [-0.2, 0) is 9.53 Å². The molecular weight excluding hydrogens is 152 g/mol. The molecule has 1 atom stereocenters. The van der Waals surface area contributed by atoms with Crippen LogP contribution in [0.5, 0.6) is 0 Å². The average Bonchev–Trinajstić information content (AvgIpc) is 2.04. The van der Waals surface area contributed by atoms with Gasteiger partial charge in [0, 0.05) is 5.92 Å². The summed E-state index contributed by atoms with van der Waals surface area (Å²) in [5.41, 5.74) is 0.931. The van der Waals surface area contributed by atoms with E-state index in [2.05, 4.69) is 6.08 Å². The summed E-state index contributed by atoms with van der Waals surface area (Å²) in [6.07, 6.45) is 2.64. The molecule has 0 aromatic heterocycles. The fraction of sp³-hybridized carbons (Fsp3) is 0.700. The van der Waals surface area contributed by atoms with Crippen molar-refractivity contribution < 1.29 is 9.53 Å². The van der Waals surface area contributed by atoms with Gasteiger partial charge in [-0.05, 0) is 27.7 Å². The van der Waals surface area contributed by atoms with Crippen LogP contribution in [0, 0.1) is 5.92 Å². The first-order valence-electron chi connectivity index (χ1n) is 4.28. The van der Waals surface area contributed by atoms with Gasteiger partial charge in [-0.15, -0.1) is 0 Å². The van der Waals surface area contributed by atoms with E-state index in [-0.39, 0.29) is 17.5 Å². The van der Waals surface area contributed by atoms with Crippen LogP contribution >= 0.6 is 0 Å². The SMILES string of the molecule is CC(C)=C[C@H]1CC(=O)OC1(C)C. The Morgan fingerprint density at radius 2 is 2.17 bits per heavy atom.